The number of ether oxygens (including phenoxy) is 1. The molecule has 0 saturated carbocycles. The van der Waals surface area contributed by atoms with Gasteiger partial charge in [-0.1, -0.05) is 17.7 Å². The van der Waals surface area contributed by atoms with E-state index in [0.29, 0.717) is 29.5 Å². The third kappa shape index (κ3) is 5.65. The second kappa shape index (κ2) is 9.32. The number of carbonyl (C=O) groups is 1. The molecule has 2 N–H and O–H groups in total. The number of halogens is 1. The topological polar surface area (TPSA) is 70.9 Å². The Labute approximate surface area is 165 Å². The number of nitrogens with one attached hydrogen (secondary N) is 2. The number of guanidine groups is 1. The second-order valence-corrected chi connectivity index (χ2v) is 6.67. The highest BCUT2D eigenvalue weighted by Crippen LogP contribution is 2.25. The van der Waals surface area contributed by atoms with Gasteiger partial charge in [0, 0.05) is 46.5 Å². The Balaban J connectivity index is 2.04. The number of benzene rings is 1. The zero-order chi connectivity index (χ0) is 20.0. The molecule has 27 heavy (non-hydrogen) atoms. The number of nitrogens with zero attached hydrogens (tertiary/aromatic N) is 3. The van der Waals surface area contributed by atoms with Gasteiger partial charge in [-0.15, -0.1) is 0 Å². The Bertz CT molecular complexity index is 832. The number of hydrogen-bond acceptors (Lipinski definition) is 3. The van der Waals surface area contributed by atoms with Gasteiger partial charge in [0.25, 0.3) is 0 Å². The molecule has 2 rings (SSSR count). The maximum absolute atomic E-state index is 11.4. The minimum Gasteiger partial charge on any atom is -0.495 e. The number of rotatable bonds is 6. The van der Waals surface area contributed by atoms with Gasteiger partial charge in [-0.05, 0) is 23.8 Å². The van der Waals surface area contributed by atoms with E-state index in [2.05, 4.69) is 15.6 Å². The number of carbonyl (C=O) groups excluding carboxylic acids is 1. The zero-order valence-electron chi connectivity index (χ0n) is 16.3. The molecule has 0 fully saturated rings. The van der Waals surface area contributed by atoms with E-state index >= 15 is 0 Å². The predicted octanol–water partition coefficient (Wildman–Crippen LogP) is 2.85. The number of aliphatic imine (C=N–C) groups is 1. The number of amides is 1. The summed E-state index contributed by atoms with van der Waals surface area (Å²) in [6.07, 6.45) is 1.88. The van der Waals surface area contributed by atoms with E-state index in [4.69, 9.17) is 16.3 Å². The predicted molar refractivity (Wildman–Crippen MR) is 109 cm³/mol. The Morgan fingerprint density at radius 1 is 1.37 bits per heavy atom. The molecule has 0 aliphatic carbocycles. The van der Waals surface area contributed by atoms with Crippen molar-refractivity contribution in [2.75, 3.05) is 26.5 Å². The Morgan fingerprint density at radius 3 is 2.67 bits per heavy atom. The van der Waals surface area contributed by atoms with Crippen LogP contribution < -0.4 is 15.4 Å². The molecule has 0 unspecified atom stereocenters. The smallest absolute Gasteiger partial charge is 0.221 e. The number of aromatic nitrogens is 1. The second-order valence-electron chi connectivity index (χ2n) is 6.23. The first-order valence-electron chi connectivity index (χ1n) is 8.51. The fourth-order valence-corrected chi connectivity index (χ4v) is 3.03. The number of methoxy groups -OCH3 is 1. The molecule has 0 atom stereocenters. The van der Waals surface area contributed by atoms with Crippen molar-refractivity contribution >= 4 is 29.2 Å². The lowest BCUT2D eigenvalue weighted by atomic mass is 10.2. The van der Waals surface area contributed by atoms with Gasteiger partial charge < -0.3 is 24.8 Å². The van der Waals surface area contributed by atoms with Crippen LogP contribution in [0.3, 0.4) is 0 Å². The van der Waals surface area contributed by atoms with E-state index in [1.165, 1.54) is 6.92 Å². The maximum atomic E-state index is 11.4. The van der Waals surface area contributed by atoms with E-state index in [1.807, 2.05) is 54.0 Å². The Morgan fingerprint density at radius 2 is 2.11 bits per heavy atom. The van der Waals surface area contributed by atoms with Crippen molar-refractivity contribution < 1.29 is 9.53 Å². The molecule has 146 valence electrons. The normalized spacial score (nSPS) is 11.3. The third-order valence-electron chi connectivity index (χ3n) is 4.07. The first-order valence-corrected chi connectivity index (χ1v) is 8.89. The summed E-state index contributed by atoms with van der Waals surface area (Å²) in [6.45, 7) is 2.70. The summed E-state index contributed by atoms with van der Waals surface area (Å²) < 4.78 is 7.28. The molecule has 0 spiro atoms. The molecule has 0 aliphatic rings. The molecular weight excluding hydrogens is 366 g/mol. The Hall–Kier alpha value is -2.67. The highest BCUT2D eigenvalue weighted by atomic mass is 35.5. The van der Waals surface area contributed by atoms with Crippen LogP contribution in [0.25, 0.3) is 0 Å². The molecule has 2 aromatic rings. The van der Waals surface area contributed by atoms with Crippen LogP contribution in [0, 0.1) is 0 Å². The Kier molecular flexibility index (Phi) is 7.12. The van der Waals surface area contributed by atoms with Gasteiger partial charge in [-0.2, -0.15) is 0 Å². The minimum absolute atomic E-state index is 0.143. The van der Waals surface area contributed by atoms with E-state index in [-0.39, 0.29) is 5.91 Å². The van der Waals surface area contributed by atoms with Crippen molar-refractivity contribution in [3.05, 3.63) is 46.7 Å². The van der Waals surface area contributed by atoms with Crippen LogP contribution in [-0.2, 0) is 24.9 Å². The first-order chi connectivity index (χ1) is 12.8. The van der Waals surface area contributed by atoms with Crippen LogP contribution >= 0.6 is 11.6 Å². The average Bonchev–Trinajstić information content (AvgIpc) is 2.92. The van der Waals surface area contributed by atoms with Crippen molar-refractivity contribution in [3.8, 4) is 5.75 Å². The lowest BCUT2D eigenvalue weighted by Crippen LogP contribution is -2.38. The molecule has 1 aromatic carbocycles. The summed E-state index contributed by atoms with van der Waals surface area (Å²) in [6, 6.07) is 7.61. The van der Waals surface area contributed by atoms with Crippen molar-refractivity contribution in [3.63, 3.8) is 0 Å². The lowest BCUT2D eigenvalue weighted by molar-refractivity contribution is -0.114. The van der Waals surface area contributed by atoms with Gasteiger partial charge in [-0.25, -0.2) is 0 Å². The van der Waals surface area contributed by atoms with Crippen LogP contribution in [0.4, 0.5) is 5.69 Å². The molecule has 0 saturated heterocycles. The van der Waals surface area contributed by atoms with Crippen molar-refractivity contribution in [1.82, 2.24) is 14.8 Å². The van der Waals surface area contributed by atoms with Gasteiger partial charge >= 0.3 is 0 Å². The van der Waals surface area contributed by atoms with E-state index in [1.54, 1.807) is 14.2 Å². The van der Waals surface area contributed by atoms with Crippen molar-refractivity contribution in [1.29, 1.82) is 0 Å². The van der Waals surface area contributed by atoms with Crippen LogP contribution in [-0.4, -0.2) is 42.5 Å². The fourth-order valence-electron chi connectivity index (χ4n) is 2.76. The third-order valence-corrected chi connectivity index (χ3v) is 4.28. The molecule has 1 heterocycles. The van der Waals surface area contributed by atoms with E-state index in [9.17, 15) is 4.79 Å². The van der Waals surface area contributed by atoms with Gasteiger partial charge in [0.1, 0.15) is 5.75 Å². The lowest BCUT2D eigenvalue weighted by Gasteiger charge is -2.22. The van der Waals surface area contributed by atoms with Gasteiger partial charge in [0.15, 0.2) is 5.96 Å². The van der Waals surface area contributed by atoms with Crippen LogP contribution in [0.15, 0.2) is 35.5 Å². The largest absolute Gasteiger partial charge is 0.495 e. The number of anilines is 1. The monoisotopic (exact) mass is 391 g/mol. The van der Waals surface area contributed by atoms with Crippen molar-refractivity contribution in [2.24, 2.45) is 12.0 Å². The molecule has 0 aliphatic heterocycles. The van der Waals surface area contributed by atoms with Gasteiger partial charge in [0.05, 0.1) is 24.4 Å². The van der Waals surface area contributed by atoms with Gasteiger partial charge in [0.2, 0.25) is 5.91 Å². The minimum atomic E-state index is -0.143. The molecule has 0 bridgehead atoms. The maximum Gasteiger partial charge on any atom is 0.221 e. The highest BCUT2D eigenvalue weighted by Gasteiger charge is 2.11. The number of hydrogen-bond donors (Lipinski definition) is 2. The average molecular weight is 392 g/mol. The zero-order valence-corrected chi connectivity index (χ0v) is 17.1. The highest BCUT2D eigenvalue weighted by molar-refractivity contribution is 6.30. The quantitative estimate of drug-likeness (QED) is 0.586. The van der Waals surface area contributed by atoms with Crippen LogP contribution in [0.5, 0.6) is 5.75 Å². The fraction of sp³-hybridized carbons (Fsp3) is 0.368. The molecule has 1 amide bonds. The summed E-state index contributed by atoms with van der Waals surface area (Å²) in [5, 5.41) is 6.83. The van der Waals surface area contributed by atoms with Crippen LogP contribution in [0.2, 0.25) is 5.02 Å². The summed E-state index contributed by atoms with van der Waals surface area (Å²) >= 11 is 6.05. The van der Waals surface area contributed by atoms with Gasteiger partial charge in [-0.3, -0.25) is 9.79 Å². The molecule has 1 aromatic heterocycles. The first kappa shape index (κ1) is 20.6. The summed E-state index contributed by atoms with van der Waals surface area (Å²) in [4.78, 5) is 17.7. The molecule has 8 heteroatoms. The van der Waals surface area contributed by atoms with E-state index < -0.39 is 0 Å². The van der Waals surface area contributed by atoms with Crippen LogP contribution in [0.1, 0.15) is 18.2 Å². The summed E-state index contributed by atoms with van der Waals surface area (Å²) in [7, 11) is 7.25. The van der Waals surface area contributed by atoms with E-state index in [0.717, 1.165) is 17.2 Å². The van der Waals surface area contributed by atoms with Crippen molar-refractivity contribution in [2.45, 2.75) is 20.0 Å². The molecule has 7 nitrogen and oxygen atoms in total. The standard InChI is InChI=1S/C19H26ClN5O2/c1-13(26)23-17-8-14(6-7-18(17)27-5)10-22-19(21-2)25(4)12-16-9-15(20)11-24(16)3/h6-9,11H,10,12H2,1-5H3,(H,21,22)(H,23,26). The summed E-state index contributed by atoms with van der Waals surface area (Å²) in [5.74, 6) is 1.23. The number of aryl methyl sites for hydroxylation is 1. The summed E-state index contributed by atoms with van der Waals surface area (Å²) in [5.41, 5.74) is 2.73. The molecular formula is C19H26ClN5O2. The molecule has 0 radical (unpaired) electrons. The SMILES string of the molecule is CN=C(NCc1ccc(OC)c(NC(C)=O)c1)N(C)Cc1cc(Cl)cn1C.